The van der Waals surface area contributed by atoms with Crippen molar-refractivity contribution in [1.82, 2.24) is 19.8 Å². The molecule has 9 heteroatoms. The van der Waals surface area contributed by atoms with Crippen LogP contribution >= 0.6 is 15.9 Å². The fourth-order valence-corrected chi connectivity index (χ4v) is 5.53. The number of benzene rings is 2. The monoisotopic (exact) mass is 565 g/mol. The van der Waals surface area contributed by atoms with Crippen molar-refractivity contribution >= 4 is 44.8 Å². The number of nitrogens with zero attached hydrogens (tertiary/aromatic N) is 5. The van der Waals surface area contributed by atoms with Crippen LogP contribution in [0.25, 0.3) is 0 Å². The molecular formula is C28H36BrN7O. The van der Waals surface area contributed by atoms with Crippen molar-refractivity contribution in [1.29, 1.82) is 0 Å². The summed E-state index contributed by atoms with van der Waals surface area (Å²) in [6.45, 7) is 9.03. The predicted octanol–water partition coefficient (Wildman–Crippen LogP) is 5.26. The molecule has 0 unspecified atom stereocenters. The van der Waals surface area contributed by atoms with Gasteiger partial charge in [0, 0.05) is 68.9 Å². The van der Waals surface area contributed by atoms with E-state index < -0.39 is 0 Å². The summed E-state index contributed by atoms with van der Waals surface area (Å²) in [6.07, 6.45) is 4.16. The van der Waals surface area contributed by atoms with Gasteiger partial charge in [0.05, 0.1) is 17.3 Å². The Balaban J connectivity index is 1.28. The van der Waals surface area contributed by atoms with Crippen LogP contribution in [0.3, 0.4) is 0 Å². The van der Waals surface area contributed by atoms with Crippen molar-refractivity contribution in [3.05, 3.63) is 58.7 Å². The zero-order chi connectivity index (χ0) is 25.8. The number of ether oxygens (including phenoxy) is 1. The summed E-state index contributed by atoms with van der Waals surface area (Å²) in [6, 6.07) is 14.9. The Kier molecular flexibility index (Phi) is 8.12. The molecule has 0 spiro atoms. The van der Waals surface area contributed by atoms with Gasteiger partial charge >= 0.3 is 0 Å². The summed E-state index contributed by atoms with van der Waals surface area (Å²) < 4.78 is 6.59. The third-order valence-electron chi connectivity index (χ3n) is 7.40. The number of aromatic nitrogens is 2. The van der Waals surface area contributed by atoms with E-state index in [4.69, 9.17) is 4.74 Å². The highest BCUT2D eigenvalue weighted by atomic mass is 79.9. The third kappa shape index (κ3) is 6.17. The van der Waals surface area contributed by atoms with E-state index in [1.807, 2.05) is 30.3 Å². The zero-order valence-electron chi connectivity index (χ0n) is 21.9. The van der Waals surface area contributed by atoms with Gasteiger partial charge in [0.25, 0.3) is 0 Å². The van der Waals surface area contributed by atoms with E-state index in [2.05, 4.69) is 77.3 Å². The number of nitrogens with one attached hydrogen (secondary N) is 2. The lowest BCUT2D eigenvalue weighted by atomic mass is 10.0. The number of piperidine rings is 1. The number of likely N-dealkylation sites (N-methyl/N-ethyl adjacent to an activating group) is 1. The van der Waals surface area contributed by atoms with Gasteiger partial charge in [-0.15, -0.1) is 0 Å². The van der Waals surface area contributed by atoms with E-state index in [0.717, 1.165) is 34.7 Å². The lowest BCUT2D eigenvalue weighted by molar-refractivity contribution is 0.0982. The van der Waals surface area contributed by atoms with Crippen LogP contribution in [0.1, 0.15) is 18.4 Å². The van der Waals surface area contributed by atoms with E-state index in [0.29, 0.717) is 17.8 Å². The largest absolute Gasteiger partial charge is 0.494 e. The molecule has 8 nitrogen and oxygen atoms in total. The van der Waals surface area contributed by atoms with Gasteiger partial charge in [0.15, 0.2) is 0 Å². The average molecular weight is 567 g/mol. The molecule has 0 bridgehead atoms. The number of rotatable bonds is 7. The number of methoxy groups -OCH3 is 1. The van der Waals surface area contributed by atoms with Crippen LogP contribution in [-0.4, -0.2) is 79.2 Å². The van der Waals surface area contributed by atoms with Crippen molar-refractivity contribution in [2.45, 2.75) is 25.8 Å². The minimum atomic E-state index is 0.500. The first-order valence-electron chi connectivity index (χ1n) is 13.0. The van der Waals surface area contributed by atoms with Gasteiger partial charge in [-0.05, 0) is 66.5 Å². The molecule has 2 saturated heterocycles. The Bertz CT molecular complexity index is 1190. The van der Waals surface area contributed by atoms with Crippen molar-refractivity contribution < 1.29 is 4.74 Å². The number of aryl methyl sites for hydroxylation is 1. The van der Waals surface area contributed by atoms with Crippen LogP contribution in [0.5, 0.6) is 5.75 Å². The normalized spacial score (nSPS) is 17.6. The molecule has 0 aliphatic carbocycles. The van der Waals surface area contributed by atoms with E-state index >= 15 is 0 Å². The van der Waals surface area contributed by atoms with Gasteiger partial charge in [-0.2, -0.15) is 4.98 Å². The molecule has 5 rings (SSSR count). The number of hydrogen-bond donors (Lipinski definition) is 2. The maximum atomic E-state index is 5.80. The molecule has 2 aliphatic rings. The second-order valence-corrected chi connectivity index (χ2v) is 10.8. The van der Waals surface area contributed by atoms with Crippen LogP contribution in [0.4, 0.5) is 28.8 Å². The lowest BCUT2D eigenvalue weighted by Crippen LogP contribution is -2.52. The highest BCUT2D eigenvalue weighted by molar-refractivity contribution is 9.10. The Hall–Kier alpha value is -2.88. The molecule has 196 valence electrons. The van der Waals surface area contributed by atoms with Gasteiger partial charge in [-0.1, -0.05) is 18.2 Å². The van der Waals surface area contributed by atoms with Crippen molar-refractivity contribution in [3.63, 3.8) is 0 Å². The summed E-state index contributed by atoms with van der Waals surface area (Å²) in [5.41, 5.74) is 4.26. The van der Waals surface area contributed by atoms with Crippen molar-refractivity contribution in [2.75, 3.05) is 69.0 Å². The molecule has 0 amide bonds. The minimum Gasteiger partial charge on any atom is -0.494 e. The Morgan fingerprint density at radius 1 is 0.973 bits per heavy atom. The fourth-order valence-electron chi connectivity index (χ4n) is 5.24. The molecule has 1 aromatic heterocycles. The lowest BCUT2D eigenvalue weighted by Gasteiger charge is -2.43. The second-order valence-electron chi connectivity index (χ2n) is 9.90. The highest BCUT2D eigenvalue weighted by Gasteiger charge is 2.27. The van der Waals surface area contributed by atoms with Gasteiger partial charge in [-0.25, -0.2) is 4.98 Å². The maximum absolute atomic E-state index is 5.80. The molecule has 3 aromatic rings. The Morgan fingerprint density at radius 2 is 1.70 bits per heavy atom. The first-order valence-corrected chi connectivity index (χ1v) is 13.8. The summed E-state index contributed by atoms with van der Waals surface area (Å²) in [4.78, 5) is 16.8. The fraction of sp³-hybridized carbons (Fsp3) is 0.429. The molecule has 0 atom stereocenters. The Labute approximate surface area is 228 Å². The summed E-state index contributed by atoms with van der Waals surface area (Å²) in [5, 5.41) is 6.70. The summed E-state index contributed by atoms with van der Waals surface area (Å²) >= 11 is 3.55. The van der Waals surface area contributed by atoms with Crippen LogP contribution in [0, 0.1) is 6.92 Å². The van der Waals surface area contributed by atoms with Crippen molar-refractivity contribution in [2.24, 2.45) is 0 Å². The predicted molar refractivity (Wildman–Crippen MR) is 155 cm³/mol. The molecule has 2 aliphatic heterocycles. The average Bonchev–Trinajstić information content (AvgIpc) is 2.92. The number of piperazine rings is 1. The van der Waals surface area contributed by atoms with Crippen LogP contribution in [-0.2, 0) is 0 Å². The van der Waals surface area contributed by atoms with E-state index in [1.165, 1.54) is 50.3 Å². The molecular weight excluding hydrogens is 530 g/mol. The zero-order valence-corrected chi connectivity index (χ0v) is 23.5. The summed E-state index contributed by atoms with van der Waals surface area (Å²) in [5.74, 6) is 1.98. The SMILES string of the molecule is COc1cc(N2CCC(N3CCN(C)CC3)CC2)c(C)cc1Nc1ncc(Br)c(Nc2ccccc2)n1. The van der Waals surface area contributed by atoms with E-state index in [9.17, 15) is 0 Å². The van der Waals surface area contributed by atoms with E-state index in [1.54, 1.807) is 13.3 Å². The number of halogens is 1. The van der Waals surface area contributed by atoms with Crippen LogP contribution < -0.4 is 20.3 Å². The minimum absolute atomic E-state index is 0.500. The first kappa shape index (κ1) is 25.8. The molecule has 2 fully saturated rings. The third-order valence-corrected chi connectivity index (χ3v) is 7.98. The van der Waals surface area contributed by atoms with Gasteiger partial charge in [-0.3, -0.25) is 4.90 Å². The first-order chi connectivity index (χ1) is 18.0. The Morgan fingerprint density at radius 3 is 2.41 bits per heavy atom. The molecule has 3 heterocycles. The highest BCUT2D eigenvalue weighted by Crippen LogP contribution is 2.36. The second kappa shape index (κ2) is 11.7. The molecule has 2 aromatic carbocycles. The van der Waals surface area contributed by atoms with Gasteiger partial charge in [0.1, 0.15) is 11.6 Å². The molecule has 37 heavy (non-hydrogen) atoms. The number of anilines is 5. The molecule has 0 radical (unpaired) electrons. The smallest absolute Gasteiger partial charge is 0.229 e. The molecule has 2 N–H and O–H groups in total. The number of para-hydroxylation sites is 1. The summed E-state index contributed by atoms with van der Waals surface area (Å²) in [7, 11) is 3.93. The number of hydrogen-bond acceptors (Lipinski definition) is 8. The van der Waals surface area contributed by atoms with Crippen LogP contribution in [0.15, 0.2) is 53.1 Å². The maximum Gasteiger partial charge on any atom is 0.229 e. The standard InChI is InChI=1S/C28H36BrN7O/c1-20-17-24(32-28-30-19-23(29)27(33-28)31-21-7-5-4-6-8-21)26(37-3)18-25(20)36-11-9-22(10-12-36)35-15-13-34(2)14-16-35/h4-8,17-19,22H,9-16H2,1-3H3,(H2,30,31,32,33). The quantitative estimate of drug-likeness (QED) is 0.402. The van der Waals surface area contributed by atoms with E-state index in [-0.39, 0.29) is 0 Å². The van der Waals surface area contributed by atoms with Crippen molar-refractivity contribution in [3.8, 4) is 5.75 Å². The van der Waals surface area contributed by atoms with Gasteiger partial charge < -0.3 is 25.2 Å². The van der Waals surface area contributed by atoms with Gasteiger partial charge in [0.2, 0.25) is 5.95 Å². The topological polar surface area (TPSA) is 68.8 Å². The van der Waals surface area contributed by atoms with Crippen LogP contribution in [0.2, 0.25) is 0 Å². The molecule has 0 saturated carbocycles.